The van der Waals surface area contributed by atoms with Crippen LogP contribution in [0.3, 0.4) is 0 Å². The van der Waals surface area contributed by atoms with Crippen LogP contribution in [0.25, 0.3) is 11.3 Å². The van der Waals surface area contributed by atoms with Crippen molar-refractivity contribution < 1.29 is 14.3 Å². The number of rotatable bonds is 1. The van der Waals surface area contributed by atoms with Crippen LogP contribution in [0.1, 0.15) is 51.7 Å². The summed E-state index contributed by atoms with van der Waals surface area (Å²) in [5.74, 6) is 0.563. The van der Waals surface area contributed by atoms with Gasteiger partial charge < -0.3 is 4.74 Å². The molecule has 0 spiro atoms. The van der Waals surface area contributed by atoms with Crippen molar-refractivity contribution in [1.82, 2.24) is 0 Å². The van der Waals surface area contributed by atoms with E-state index in [0.29, 0.717) is 28.9 Å². The lowest BCUT2D eigenvalue weighted by molar-refractivity contribution is -0.114. The van der Waals surface area contributed by atoms with Crippen LogP contribution in [-0.2, 0) is 14.3 Å². The molecule has 1 aliphatic heterocycles. The Morgan fingerprint density at radius 3 is 2.41 bits per heavy atom. The summed E-state index contributed by atoms with van der Waals surface area (Å²) in [6.45, 7) is 7.31. The first-order valence-corrected chi connectivity index (χ1v) is 7.60. The first-order chi connectivity index (χ1) is 10.3. The second-order valence-electron chi connectivity index (χ2n) is 6.60. The standard InChI is InChI=1S/C19H20O3/c1-11(12(2)20)16-13-7-5-6-8-14(13)18-15(17(16)21)9-10-19(3,4)22-18/h5-8H,9-10H2,1-4H3/b16-11+. The monoisotopic (exact) mass is 296 g/mol. The smallest absolute Gasteiger partial charge is 0.193 e. The summed E-state index contributed by atoms with van der Waals surface area (Å²) in [4.78, 5) is 24.7. The molecule has 0 bridgehead atoms. The molecule has 114 valence electrons. The molecule has 0 saturated heterocycles. The average Bonchev–Trinajstić information content (AvgIpc) is 2.46. The highest BCUT2D eigenvalue weighted by molar-refractivity contribution is 6.36. The molecule has 1 aromatic carbocycles. The van der Waals surface area contributed by atoms with Gasteiger partial charge in [-0.3, -0.25) is 9.59 Å². The van der Waals surface area contributed by atoms with Gasteiger partial charge >= 0.3 is 0 Å². The Hall–Kier alpha value is -2.16. The van der Waals surface area contributed by atoms with Crippen LogP contribution < -0.4 is 0 Å². The third-order valence-corrected chi connectivity index (χ3v) is 4.47. The van der Waals surface area contributed by atoms with E-state index >= 15 is 0 Å². The van der Waals surface area contributed by atoms with Crippen molar-refractivity contribution >= 4 is 22.9 Å². The fourth-order valence-corrected chi connectivity index (χ4v) is 3.08. The molecule has 3 nitrogen and oxygen atoms in total. The van der Waals surface area contributed by atoms with Crippen LogP contribution in [0.5, 0.6) is 0 Å². The minimum Gasteiger partial charge on any atom is -0.487 e. The minimum atomic E-state index is -0.275. The van der Waals surface area contributed by atoms with E-state index in [1.54, 1.807) is 6.92 Å². The molecular formula is C19H20O3. The van der Waals surface area contributed by atoms with Crippen molar-refractivity contribution in [2.45, 2.75) is 46.1 Å². The number of ketones is 2. The Labute approximate surface area is 130 Å². The zero-order valence-corrected chi connectivity index (χ0v) is 13.4. The van der Waals surface area contributed by atoms with E-state index in [1.165, 1.54) is 6.92 Å². The average molecular weight is 296 g/mol. The third-order valence-electron chi connectivity index (χ3n) is 4.47. The number of carbonyl (C=O) groups is 2. The van der Waals surface area contributed by atoms with Gasteiger partial charge in [0.05, 0.1) is 0 Å². The lowest BCUT2D eigenvalue weighted by Crippen LogP contribution is -2.32. The molecule has 1 aromatic rings. The van der Waals surface area contributed by atoms with Gasteiger partial charge in [-0.15, -0.1) is 0 Å². The fourth-order valence-electron chi connectivity index (χ4n) is 3.08. The zero-order chi connectivity index (χ0) is 16.1. The molecule has 2 aliphatic rings. The summed E-state index contributed by atoms with van der Waals surface area (Å²) in [6.07, 6.45) is 1.48. The Bertz CT molecular complexity index is 748. The maximum absolute atomic E-state index is 12.9. The number of Topliss-reactive ketones (excluding diaryl/α,β-unsaturated/α-hetero) is 2. The van der Waals surface area contributed by atoms with E-state index in [0.717, 1.165) is 17.5 Å². The van der Waals surface area contributed by atoms with Crippen molar-refractivity contribution in [1.29, 1.82) is 0 Å². The molecule has 1 heterocycles. The summed E-state index contributed by atoms with van der Waals surface area (Å²) in [5, 5.41) is 0. The molecule has 0 atom stereocenters. The summed E-state index contributed by atoms with van der Waals surface area (Å²) in [6, 6.07) is 7.68. The van der Waals surface area contributed by atoms with E-state index in [4.69, 9.17) is 4.74 Å². The second kappa shape index (κ2) is 4.94. The summed E-state index contributed by atoms with van der Waals surface area (Å²) < 4.78 is 6.11. The summed E-state index contributed by atoms with van der Waals surface area (Å²) in [7, 11) is 0. The molecule has 3 rings (SSSR count). The summed E-state index contributed by atoms with van der Waals surface area (Å²) in [5.41, 5.74) is 3.20. The molecule has 1 aliphatic carbocycles. The molecule has 3 heteroatoms. The topological polar surface area (TPSA) is 43.4 Å². The second-order valence-corrected chi connectivity index (χ2v) is 6.60. The van der Waals surface area contributed by atoms with E-state index < -0.39 is 0 Å². The highest BCUT2D eigenvalue weighted by atomic mass is 16.5. The van der Waals surface area contributed by atoms with E-state index in [2.05, 4.69) is 0 Å². The molecular weight excluding hydrogens is 276 g/mol. The Morgan fingerprint density at radius 2 is 1.77 bits per heavy atom. The van der Waals surface area contributed by atoms with Crippen LogP contribution in [0, 0.1) is 0 Å². The highest BCUT2D eigenvalue weighted by Gasteiger charge is 2.38. The van der Waals surface area contributed by atoms with Gasteiger partial charge in [0.15, 0.2) is 11.6 Å². The maximum Gasteiger partial charge on any atom is 0.193 e. The number of ether oxygens (including phenoxy) is 1. The van der Waals surface area contributed by atoms with Crippen LogP contribution >= 0.6 is 0 Å². The lowest BCUT2D eigenvalue weighted by Gasteiger charge is -2.37. The summed E-state index contributed by atoms with van der Waals surface area (Å²) >= 11 is 0. The van der Waals surface area contributed by atoms with Gasteiger partial charge in [-0.25, -0.2) is 0 Å². The van der Waals surface area contributed by atoms with E-state index in [9.17, 15) is 9.59 Å². The molecule has 0 fully saturated rings. The number of allylic oxidation sites excluding steroid dienone is 3. The van der Waals surface area contributed by atoms with Gasteiger partial charge in [0.25, 0.3) is 0 Å². The number of fused-ring (bicyclic) bond motifs is 2. The molecule has 22 heavy (non-hydrogen) atoms. The third kappa shape index (κ3) is 2.21. The fraction of sp³-hybridized carbons (Fsp3) is 0.368. The van der Waals surface area contributed by atoms with Crippen molar-refractivity contribution in [3.8, 4) is 0 Å². The van der Waals surface area contributed by atoms with Crippen LogP contribution in [-0.4, -0.2) is 17.2 Å². The number of carbonyl (C=O) groups excluding carboxylic acids is 2. The Kier molecular flexibility index (Phi) is 3.32. The number of hydrogen-bond donors (Lipinski definition) is 0. The predicted octanol–water partition coefficient (Wildman–Crippen LogP) is 3.93. The van der Waals surface area contributed by atoms with Gasteiger partial charge in [-0.2, -0.15) is 0 Å². The SMILES string of the molecule is CC(=O)/C(C)=C1/C(=O)C2=C(OC(C)(C)CC2)c2ccccc21. The molecule has 0 aromatic heterocycles. The maximum atomic E-state index is 12.9. The van der Waals surface area contributed by atoms with Gasteiger partial charge in [0, 0.05) is 22.3 Å². The van der Waals surface area contributed by atoms with Crippen LogP contribution in [0.4, 0.5) is 0 Å². The van der Waals surface area contributed by atoms with Gasteiger partial charge in [0.1, 0.15) is 11.4 Å². The number of benzene rings is 1. The van der Waals surface area contributed by atoms with Crippen molar-refractivity contribution in [2.24, 2.45) is 0 Å². The molecule has 0 radical (unpaired) electrons. The van der Waals surface area contributed by atoms with Crippen molar-refractivity contribution in [3.05, 3.63) is 46.5 Å². The minimum absolute atomic E-state index is 0.0584. The van der Waals surface area contributed by atoms with Crippen LogP contribution in [0.2, 0.25) is 0 Å². The normalized spacial score (nSPS) is 21.7. The van der Waals surface area contributed by atoms with Crippen molar-refractivity contribution in [2.75, 3.05) is 0 Å². The van der Waals surface area contributed by atoms with Gasteiger partial charge in [-0.1, -0.05) is 24.3 Å². The van der Waals surface area contributed by atoms with Gasteiger partial charge in [0.2, 0.25) is 0 Å². The first-order valence-electron chi connectivity index (χ1n) is 7.60. The Morgan fingerprint density at radius 1 is 1.14 bits per heavy atom. The van der Waals surface area contributed by atoms with Gasteiger partial charge in [-0.05, 0) is 46.1 Å². The Balaban J connectivity index is 2.29. The molecule has 0 N–H and O–H groups in total. The van der Waals surface area contributed by atoms with Crippen LogP contribution in [0.15, 0.2) is 35.4 Å². The highest BCUT2D eigenvalue weighted by Crippen LogP contribution is 2.45. The van der Waals surface area contributed by atoms with Crippen molar-refractivity contribution in [3.63, 3.8) is 0 Å². The molecule has 0 amide bonds. The van der Waals surface area contributed by atoms with E-state index in [-0.39, 0.29) is 17.2 Å². The first kappa shape index (κ1) is 14.8. The predicted molar refractivity (Wildman–Crippen MR) is 86.0 cm³/mol. The van der Waals surface area contributed by atoms with E-state index in [1.807, 2.05) is 38.1 Å². The molecule has 0 saturated carbocycles. The number of hydrogen-bond acceptors (Lipinski definition) is 3. The quantitative estimate of drug-likeness (QED) is 0.737. The molecule has 0 unspecified atom stereocenters. The zero-order valence-electron chi connectivity index (χ0n) is 13.4. The lowest BCUT2D eigenvalue weighted by atomic mass is 9.78. The largest absolute Gasteiger partial charge is 0.487 e.